The maximum Gasteiger partial charge on any atom is 0.331 e. The van der Waals surface area contributed by atoms with Crippen molar-refractivity contribution in [2.75, 3.05) is 10.6 Å². The summed E-state index contributed by atoms with van der Waals surface area (Å²) in [5.41, 5.74) is 0.893. The number of amides is 1. The van der Waals surface area contributed by atoms with Crippen LogP contribution in [0.5, 0.6) is 0 Å². The molecule has 1 amide bonds. The number of cyclic esters (lactones) is 1. The van der Waals surface area contributed by atoms with Crippen molar-refractivity contribution in [3.63, 3.8) is 0 Å². The number of carbonyl (C=O) groups excluding carboxylic acids is 2. The van der Waals surface area contributed by atoms with Gasteiger partial charge in [0.15, 0.2) is 11.6 Å². The third-order valence-corrected chi connectivity index (χ3v) is 4.47. The van der Waals surface area contributed by atoms with Crippen LogP contribution in [0.1, 0.15) is 5.56 Å². The minimum Gasteiger partial charge on any atom is -0.451 e. The Labute approximate surface area is 143 Å². The zero-order valence-corrected chi connectivity index (χ0v) is 13.2. The van der Waals surface area contributed by atoms with Gasteiger partial charge in [-0.05, 0) is 36.4 Å². The molecule has 2 atom stereocenters. The summed E-state index contributed by atoms with van der Waals surface area (Å²) >= 11 is 5.93. The molecule has 0 spiro atoms. The fourth-order valence-corrected chi connectivity index (χ4v) is 3.25. The number of rotatable bonds is 3. The Morgan fingerprint density at radius 1 is 1.08 bits per heavy atom. The van der Waals surface area contributed by atoms with E-state index >= 15 is 0 Å². The van der Waals surface area contributed by atoms with E-state index in [-0.39, 0.29) is 5.91 Å². The largest absolute Gasteiger partial charge is 0.451 e. The van der Waals surface area contributed by atoms with Crippen molar-refractivity contribution in [1.82, 2.24) is 0 Å². The van der Waals surface area contributed by atoms with Gasteiger partial charge in [-0.25, -0.2) is 4.79 Å². The molecule has 0 aromatic heterocycles. The smallest absolute Gasteiger partial charge is 0.331 e. The molecule has 2 heterocycles. The summed E-state index contributed by atoms with van der Waals surface area (Å²) in [6.45, 7) is 0. The highest BCUT2D eigenvalue weighted by atomic mass is 35.5. The summed E-state index contributed by atoms with van der Waals surface area (Å²) in [6.07, 6.45) is 2.20. The molecule has 2 aromatic rings. The van der Waals surface area contributed by atoms with E-state index in [0.29, 0.717) is 16.4 Å². The van der Waals surface area contributed by atoms with Gasteiger partial charge in [0.1, 0.15) is 0 Å². The maximum atomic E-state index is 12.9. The van der Waals surface area contributed by atoms with Crippen molar-refractivity contribution in [2.45, 2.75) is 11.6 Å². The highest BCUT2D eigenvalue weighted by Crippen LogP contribution is 2.43. The molecule has 0 bridgehead atoms. The summed E-state index contributed by atoms with van der Waals surface area (Å²) in [4.78, 5) is 24.5. The second-order valence-corrected chi connectivity index (χ2v) is 6.09. The Kier molecular flexibility index (Phi) is 3.32. The van der Waals surface area contributed by atoms with Gasteiger partial charge < -0.3 is 15.4 Å². The van der Waals surface area contributed by atoms with Gasteiger partial charge in [0.2, 0.25) is 0 Å². The zero-order chi connectivity index (χ0) is 16.7. The molecule has 2 aliphatic heterocycles. The number of hydrogen-bond acceptors (Lipinski definition) is 4. The van der Waals surface area contributed by atoms with Gasteiger partial charge in [-0.15, -0.1) is 0 Å². The normalized spacial score (nSPS) is 24.5. The van der Waals surface area contributed by atoms with E-state index in [4.69, 9.17) is 16.3 Å². The molecule has 0 fully saturated rings. The molecule has 5 nitrogen and oxygen atoms in total. The molecule has 0 saturated heterocycles. The first-order valence-electron chi connectivity index (χ1n) is 7.43. The predicted molar refractivity (Wildman–Crippen MR) is 90.8 cm³/mol. The van der Waals surface area contributed by atoms with E-state index in [1.165, 1.54) is 6.08 Å². The number of anilines is 2. The predicted octanol–water partition coefficient (Wildman–Crippen LogP) is 3.08. The van der Waals surface area contributed by atoms with Crippen LogP contribution < -0.4 is 10.6 Å². The number of para-hydroxylation sites is 1. The number of halogens is 1. The first-order chi connectivity index (χ1) is 11.6. The van der Waals surface area contributed by atoms with E-state index in [2.05, 4.69) is 10.6 Å². The second kappa shape index (κ2) is 5.39. The quantitative estimate of drug-likeness (QED) is 0.843. The van der Waals surface area contributed by atoms with Crippen LogP contribution in [0.25, 0.3) is 0 Å². The van der Waals surface area contributed by atoms with Crippen LogP contribution in [0.4, 0.5) is 11.4 Å². The minimum absolute atomic E-state index is 0.275. The Morgan fingerprint density at radius 2 is 1.83 bits per heavy atom. The van der Waals surface area contributed by atoms with Gasteiger partial charge in [-0.1, -0.05) is 29.8 Å². The van der Waals surface area contributed by atoms with E-state index in [0.717, 1.165) is 5.56 Å². The molecule has 0 saturated carbocycles. The third-order valence-electron chi connectivity index (χ3n) is 4.22. The average molecular weight is 341 g/mol. The van der Waals surface area contributed by atoms with Crippen LogP contribution in [0.2, 0.25) is 5.02 Å². The van der Waals surface area contributed by atoms with Gasteiger partial charge >= 0.3 is 5.97 Å². The van der Waals surface area contributed by atoms with Crippen LogP contribution in [0.15, 0.2) is 60.7 Å². The van der Waals surface area contributed by atoms with E-state index in [1.807, 2.05) is 24.3 Å². The number of carbonyl (C=O) groups is 2. The lowest BCUT2D eigenvalue weighted by molar-refractivity contribution is -0.142. The molecule has 6 heteroatoms. The first kappa shape index (κ1) is 14.8. The number of benzene rings is 2. The van der Waals surface area contributed by atoms with Gasteiger partial charge in [-0.2, -0.15) is 0 Å². The van der Waals surface area contributed by atoms with Crippen LogP contribution in [-0.2, 0) is 19.9 Å². The molecule has 0 aliphatic carbocycles. The van der Waals surface area contributed by atoms with E-state index in [1.54, 1.807) is 30.3 Å². The zero-order valence-electron chi connectivity index (χ0n) is 12.5. The van der Waals surface area contributed by atoms with Crippen LogP contribution >= 0.6 is 11.6 Å². The van der Waals surface area contributed by atoms with Crippen molar-refractivity contribution in [1.29, 1.82) is 0 Å². The van der Waals surface area contributed by atoms with Crippen LogP contribution in [0, 0.1) is 0 Å². The number of nitrogens with one attached hydrogen (secondary N) is 2. The standard InChI is InChI=1S/C18H13ClN2O3/c19-11-5-7-12(8-6-11)21-18(15-9-10-16(22)24-15)13-3-1-2-4-14(13)20-17(18)23/h1-10,15,21H,(H,20,23)/t15-,18-/m0/s1. The van der Waals surface area contributed by atoms with Crippen molar-refractivity contribution >= 4 is 34.9 Å². The minimum atomic E-state index is -1.23. The number of esters is 1. The van der Waals surface area contributed by atoms with Crippen molar-refractivity contribution < 1.29 is 14.3 Å². The lowest BCUT2D eigenvalue weighted by Crippen LogP contribution is -2.51. The van der Waals surface area contributed by atoms with Gasteiger partial charge in [0, 0.05) is 28.0 Å². The van der Waals surface area contributed by atoms with Crippen LogP contribution in [-0.4, -0.2) is 18.0 Å². The summed E-state index contributed by atoms with van der Waals surface area (Å²) < 4.78 is 5.37. The molecule has 24 heavy (non-hydrogen) atoms. The number of ether oxygens (including phenoxy) is 1. The fraction of sp³-hybridized carbons (Fsp3) is 0.111. The van der Waals surface area contributed by atoms with E-state index < -0.39 is 17.6 Å². The summed E-state index contributed by atoms with van der Waals surface area (Å²) in [7, 11) is 0. The molecule has 4 rings (SSSR count). The van der Waals surface area contributed by atoms with E-state index in [9.17, 15) is 9.59 Å². The van der Waals surface area contributed by atoms with Crippen molar-refractivity contribution in [2.24, 2.45) is 0 Å². The van der Waals surface area contributed by atoms with Gasteiger partial charge in [0.05, 0.1) is 0 Å². The highest BCUT2D eigenvalue weighted by molar-refractivity contribution is 6.30. The molecular formula is C18H13ClN2O3. The Morgan fingerprint density at radius 3 is 2.54 bits per heavy atom. The highest BCUT2D eigenvalue weighted by Gasteiger charge is 2.54. The van der Waals surface area contributed by atoms with Crippen LogP contribution in [0.3, 0.4) is 0 Å². The Bertz CT molecular complexity index is 863. The molecular weight excluding hydrogens is 328 g/mol. The molecule has 2 N–H and O–H groups in total. The van der Waals surface area contributed by atoms with Crippen molar-refractivity contribution in [3.05, 3.63) is 71.3 Å². The fourth-order valence-electron chi connectivity index (χ4n) is 3.12. The lowest BCUT2D eigenvalue weighted by Gasteiger charge is -2.33. The topological polar surface area (TPSA) is 67.4 Å². The Hall–Kier alpha value is -2.79. The molecule has 2 aliphatic rings. The second-order valence-electron chi connectivity index (χ2n) is 5.66. The average Bonchev–Trinajstić information content (AvgIpc) is 3.12. The monoisotopic (exact) mass is 340 g/mol. The molecule has 0 unspecified atom stereocenters. The van der Waals surface area contributed by atoms with Crippen molar-refractivity contribution in [3.8, 4) is 0 Å². The first-order valence-corrected chi connectivity index (χ1v) is 7.81. The maximum absolute atomic E-state index is 12.9. The van der Waals surface area contributed by atoms with Gasteiger partial charge in [-0.3, -0.25) is 4.79 Å². The summed E-state index contributed by atoms with van der Waals surface area (Å²) in [5, 5.41) is 6.71. The lowest BCUT2D eigenvalue weighted by atomic mass is 9.85. The Balaban J connectivity index is 1.84. The van der Waals surface area contributed by atoms with Gasteiger partial charge in [0.25, 0.3) is 5.91 Å². The summed E-state index contributed by atoms with van der Waals surface area (Å²) in [6, 6.07) is 14.4. The number of hydrogen-bond donors (Lipinski definition) is 2. The SMILES string of the molecule is O=C1C=C[C@@H]([C@]2(Nc3ccc(Cl)cc3)C(=O)Nc3ccccc32)O1. The molecule has 120 valence electrons. The number of fused-ring (bicyclic) bond motifs is 1. The molecule has 2 aromatic carbocycles. The third kappa shape index (κ3) is 2.17. The molecule has 0 radical (unpaired) electrons. The summed E-state index contributed by atoms with van der Waals surface area (Å²) in [5.74, 6) is -0.738.